The van der Waals surface area contributed by atoms with Gasteiger partial charge in [0.25, 0.3) is 0 Å². The molecular formula is C13H11Cl2N3O3. The zero-order chi connectivity index (χ0) is 15.3. The van der Waals surface area contributed by atoms with Crippen LogP contribution in [0.15, 0.2) is 17.1 Å². The van der Waals surface area contributed by atoms with Crippen LogP contribution in [0.2, 0.25) is 10.0 Å². The number of fused-ring (bicyclic) bond motifs is 1. The zero-order valence-electron chi connectivity index (χ0n) is 10.7. The van der Waals surface area contributed by atoms with Crippen molar-refractivity contribution in [1.82, 2.24) is 4.57 Å². The summed E-state index contributed by atoms with van der Waals surface area (Å²) < 4.78 is 1.72. The van der Waals surface area contributed by atoms with Crippen molar-refractivity contribution in [3.05, 3.63) is 38.1 Å². The predicted octanol–water partition coefficient (Wildman–Crippen LogP) is 2.63. The van der Waals surface area contributed by atoms with Gasteiger partial charge in [0.15, 0.2) is 0 Å². The van der Waals surface area contributed by atoms with E-state index in [4.69, 9.17) is 29.0 Å². The van der Waals surface area contributed by atoms with Crippen LogP contribution < -0.4 is 16.7 Å². The molecule has 110 valence electrons. The monoisotopic (exact) mass is 327 g/mol. The molecule has 1 aromatic heterocycles. The van der Waals surface area contributed by atoms with E-state index in [-0.39, 0.29) is 27.0 Å². The van der Waals surface area contributed by atoms with Gasteiger partial charge in [-0.3, -0.25) is 10.6 Å². The van der Waals surface area contributed by atoms with E-state index in [9.17, 15) is 14.7 Å². The predicted molar refractivity (Wildman–Crippen MR) is 81.3 cm³/mol. The second-order valence-corrected chi connectivity index (χ2v) is 5.69. The van der Waals surface area contributed by atoms with Crippen LogP contribution in [0.3, 0.4) is 0 Å². The Morgan fingerprint density at radius 3 is 2.62 bits per heavy atom. The molecule has 1 heterocycles. The first-order valence-electron chi connectivity index (χ1n) is 6.22. The van der Waals surface area contributed by atoms with Crippen LogP contribution in [0.5, 0.6) is 0 Å². The molecule has 0 aliphatic heterocycles. The number of nitrogens with one attached hydrogen (secondary N) is 1. The number of aromatic nitrogens is 1. The number of hydrogen-bond acceptors (Lipinski definition) is 4. The average molecular weight is 328 g/mol. The lowest BCUT2D eigenvalue weighted by Gasteiger charge is -2.16. The first-order chi connectivity index (χ1) is 9.95. The van der Waals surface area contributed by atoms with Crippen LogP contribution in [0, 0.1) is 0 Å². The van der Waals surface area contributed by atoms with Gasteiger partial charge in [-0.05, 0) is 18.9 Å². The van der Waals surface area contributed by atoms with E-state index in [1.54, 1.807) is 4.57 Å². The lowest BCUT2D eigenvalue weighted by Crippen LogP contribution is -2.19. The highest BCUT2D eigenvalue weighted by molar-refractivity contribution is 6.42. The summed E-state index contributed by atoms with van der Waals surface area (Å²) in [6.45, 7) is 0. The summed E-state index contributed by atoms with van der Waals surface area (Å²) in [6, 6.07) is 1.53. The second kappa shape index (κ2) is 4.91. The number of hydrogen-bond donors (Lipinski definition) is 3. The number of benzene rings is 1. The minimum Gasteiger partial charge on any atom is -0.477 e. The highest BCUT2D eigenvalue weighted by atomic mass is 35.5. The molecule has 0 amide bonds. The number of hydrazine groups is 1. The third-order valence-corrected chi connectivity index (χ3v) is 4.19. The van der Waals surface area contributed by atoms with Crippen molar-refractivity contribution in [2.24, 2.45) is 5.84 Å². The Labute approximate surface area is 129 Å². The molecule has 1 fully saturated rings. The molecule has 0 saturated heterocycles. The number of carbonyl (C=O) groups is 1. The molecular weight excluding hydrogens is 317 g/mol. The summed E-state index contributed by atoms with van der Waals surface area (Å²) in [6.07, 6.45) is 3.15. The Morgan fingerprint density at radius 1 is 1.43 bits per heavy atom. The van der Waals surface area contributed by atoms with Gasteiger partial charge in [0.05, 0.1) is 21.2 Å². The molecule has 6 nitrogen and oxygen atoms in total. The standard InChI is InChI=1S/C13H11Cl2N3O3/c14-8-3-6-11(9(15)10(8)17-16)18(5-1-2-5)4-7(12(6)19)13(20)21/h3-5,17H,1-2,16H2,(H,20,21). The second-order valence-electron chi connectivity index (χ2n) is 4.90. The van der Waals surface area contributed by atoms with Gasteiger partial charge in [-0.15, -0.1) is 0 Å². The molecule has 0 spiro atoms. The molecule has 0 unspecified atom stereocenters. The number of rotatable bonds is 3. The smallest absolute Gasteiger partial charge is 0.341 e. The van der Waals surface area contributed by atoms with Gasteiger partial charge in [0, 0.05) is 17.6 Å². The molecule has 1 aliphatic carbocycles. The molecule has 1 saturated carbocycles. The molecule has 0 bridgehead atoms. The van der Waals surface area contributed by atoms with Gasteiger partial charge >= 0.3 is 5.97 Å². The van der Waals surface area contributed by atoms with Gasteiger partial charge < -0.3 is 15.1 Å². The van der Waals surface area contributed by atoms with Crippen molar-refractivity contribution in [1.29, 1.82) is 0 Å². The summed E-state index contributed by atoms with van der Waals surface area (Å²) in [4.78, 5) is 23.5. The highest BCUT2D eigenvalue weighted by Crippen LogP contribution is 2.42. The van der Waals surface area contributed by atoms with E-state index >= 15 is 0 Å². The molecule has 2 aromatic rings. The highest BCUT2D eigenvalue weighted by Gasteiger charge is 2.28. The molecule has 21 heavy (non-hydrogen) atoms. The van der Waals surface area contributed by atoms with Crippen LogP contribution in [0.25, 0.3) is 10.9 Å². The van der Waals surface area contributed by atoms with Crippen LogP contribution in [-0.4, -0.2) is 15.6 Å². The van der Waals surface area contributed by atoms with E-state index in [0.717, 1.165) is 12.8 Å². The van der Waals surface area contributed by atoms with E-state index in [1.165, 1.54) is 12.3 Å². The largest absolute Gasteiger partial charge is 0.477 e. The Morgan fingerprint density at radius 2 is 2.10 bits per heavy atom. The maximum absolute atomic E-state index is 12.3. The number of nitrogen functional groups attached to an aromatic ring is 1. The van der Waals surface area contributed by atoms with Crippen molar-refractivity contribution < 1.29 is 9.90 Å². The lowest BCUT2D eigenvalue weighted by molar-refractivity contribution is 0.0695. The minimum absolute atomic E-state index is 0.135. The van der Waals surface area contributed by atoms with Gasteiger partial charge in [0.2, 0.25) is 5.43 Å². The topological polar surface area (TPSA) is 97.3 Å². The first kappa shape index (κ1) is 14.2. The lowest BCUT2D eigenvalue weighted by atomic mass is 10.1. The third-order valence-electron chi connectivity index (χ3n) is 3.52. The Kier molecular flexibility index (Phi) is 3.32. The fourth-order valence-corrected chi connectivity index (χ4v) is 3.03. The number of nitrogens with zero attached hydrogens (tertiary/aromatic N) is 1. The maximum Gasteiger partial charge on any atom is 0.341 e. The third kappa shape index (κ3) is 2.16. The van der Waals surface area contributed by atoms with Gasteiger partial charge in [0.1, 0.15) is 5.56 Å². The van der Waals surface area contributed by atoms with Crippen molar-refractivity contribution in [2.75, 3.05) is 5.43 Å². The molecule has 1 aromatic carbocycles. The normalized spacial score (nSPS) is 14.4. The molecule has 0 radical (unpaired) electrons. The van der Waals surface area contributed by atoms with Crippen molar-refractivity contribution in [3.8, 4) is 0 Å². The van der Waals surface area contributed by atoms with Gasteiger partial charge in [-0.1, -0.05) is 23.2 Å². The SMILES string of the molecule is NNc1c(Cl)cc2c(=O)c(C(=O)O)cn(C3CC3)c2c1Cl. The number of nitrogens with two attached hydrogens (primary N) is 1. The van der Waals surface area contributed by atoms with E-state index in [2.05, 4.69) is 5.43 Å². The van der Waals surface area contributed by atoms with Gasteiger partial charge in [-0.25, -0.2) is 4.79 Å². The van der Waals surface area contributed by atoms with Gasteiger partial charge in [-0.2, -0.15) is 0 Å². The summed E-state index contributed by atoms with van der Waals surface area (Å²) >= 11 is 12.3. The molecule has 4 N–H and O–H groups in total. The number of pyridine rings is 1. The Balaban J connectivity index is 2.50. The van der Waals surface area contributed by atoms with Crippen LogP contribution in [-0.2, 0) is 0 Å². The van der Waals surface area contributed by atoms with Crippen molar-refractivity contribution >= 4 is 45.8 Å². The van der Waals surface area contributed by atoms with Crippen LogP contribution >= 0.6 is 23.2 Å². The van der Waals surface area contributed by atoms with Crippen molar-refractivity contribution in [2.45, 2.75) is 18.9 Å². The molecule has 0 atom stereocenters. The van der Waals surface area contributed by atoms with E-state index in [0.29, 0.717) is 11.2 Å². The van der Waals surface area contributed by atoms with Crippen molar-refractivity contribution in [3.63, 3.8) is 0 Å². The Hall–Kier alpha value is -1.76. The van der Waals surface area contributed by atoms with Crippen LogP contribution in [0.1, 0.15) is 29.2 Å². The quantitative estimate of drug-likeness (QED) is 0.594. The minimum atomic E-state index is -1.27. The fraction of sp³-hybridized carbons (Fsp3) is 0.231. The maximum atomic E-state index is 12.3. The zero-order valence-corrected chi connectivity index (χ0v) is 12.2. The number of carboxylic acid groups (broad SMARTS) is 1. The summed E-state index contributed by atoms with van der Waals surface area (Å²) in [5.74, 6) is 4.13. The number of halogens is 2. The summed E-state index contributed by atoms with van der Waals surface area (Å²) in [5, 5.41) is 9.73. The average Bonchev–Trinajstić information content (AvgIpc) is 3.24. The molecule has 1 aliphatic rings. The summed E-state index contributed by atoms with van der Waals surface area (Å²) in [7, 11) is 0. The first-order valence-corrected chi connectivity index (χ1v) is 6.98. The fourth-order valence-electron chi connectivity index (χ4n) is 2.37. The Bertz CT molecular complexity index is 828. The molecule has 8 heteroatoms. The molecule has 3 rings (SSSR count). The van der Waals surface area contributed by atoms with E-state index < -0.39 is 11.4 Å². The summed E-state index contributed by atoms with van der Waals surface area (Å²) in [5.41, 5.74) is 2.26. The number of aromatic carboxylic acids is 1. The number of anilines is 1. The van der Waals surface area contributed by atoms with Crippen LogP contribution in [0.4, 0.5) is 5.69 Å². The van der Waals surface area contributed by atoms with E-state index in [1.807, 2.05) is 0 Å². The number of carboxylic acids is 1.